The van der Waals surface area contributed by atoms with E-state index in [-0.39, 0.29) is 11.8 Å². The molecule has 0 aromatic rings. The fourth-order valence-electron chi connectivity index (χ4n) is 4.09. The van der Waals surface area contributed by atoms with Crippen molar-refractivity contribution in [2.75, 3.05) is 32.7 Å². The van der Waals surface area contributed by atoms with Crippen LogP contribution in [0.1, 0.15) is 80.1 Å². The molecule has 0 spiro atoms. The molecule has 1 heterocycles. The Balaban J connectivity index is 2.38. The van der Waals surface area contributed by atoms with Crippen molar-refractivity contribution in [3.8, 4) is 0 Å². The standard InChI is InChI=1S/C29H48N2O/c1-8-19-30-21-22-31(29(23-30)28(7)32)20-18-27(6)17-11-16-26(5)15-10-14-25(4)13-9-12-24(2)3/h8,12,14,16,18,29H,1,9-11,13,15,17,19-23H2,2-7H3/b25-14+,26-16+,27-18+. The SMILES string of the molecule is C=CCN1CCN(C/C=C(\C)CC/C=C(\C)CC/C=C(\C)CCC=C(C)C)C(C(C)=O)C1. The molecule has 1 atom stereocenters. The van der Waals surface area contributed by atoms with E-state index in [1.807, 2.05) is 6.08 Å². The Morgan fingerprint density at radius 1 is 0.781 bits per heavy atom. The second-order valence-electron chi connectivity index (χ2n) is 9.72. The third-order valence-electron chi connectivity index (χ3n) is 6.26. The normalized spacial score (nSPS) is 19.2. The maximum absolute atomic E-state index is 12.1. The van der Waals surface area contributed by atoms with Gasteiger partial charge in [0.05, 0.1) is 6.04 Å². The molecular formula is C29H48N2O. The van der Waals surface area contributed by atoms with E-state index in [0.717, 1.165) is 64.8 Å². The van der Waals surface area contributed by atoms with Gasteiger partial charge in [0.15, 0.2) is 0 Å². The minimum atomic E-state index is 0.00780. The monoisotopic (exact) mass is 440 g/mol. The summed E-state index contributed by atoms with van der Waals surface area (Å²) >= 11 is 0. The first-order valence-electron chi connectivity index (χ1n) is 12.4. The molecule has 180 valence electrons. The fourth-order valence-corrected chi connectivity index (χ4v) is 4.09. The number of carbonyl (C=O) groups is 1. The number of Topliss-reactive ketones (excluding diaryl/α,β-unsaturated/α-hetero) is 1. The summed E-state index contributed by atoms with van der Waals surface area (Å²) < 4.78 is 0. The topological polar surface area (TPSA) is 23.6 Å². The second-order valence-corrected chi connectivity index (χ2v) is 9.72. The highest BCUT2D eigenvalue weighted by Crippen LogP contribution is 2.15. The van der Waals surface area contributed by atoms with E-state index >= 15 is 0 Å². The fraction of sp³-hybridized carbons (Fsp3) is 0.621. The van der Waals surface area contributed by atoms with Crippen LogP contribution in [-0.4, -0.2) is 54.3 Å². The van der Waals surface area contributed by atoms with Gasteiger partial charge < -0.3 is 0 Å². The average Bonchev–Trinajstić information content (AvgIpc) is 2.72. The Hall–Kier alpha value is -1.71. The lowest BCUT2D eigenvalue weighted by Crippen LogP contribution is -2.55. The Labute approximate surface area is 198 Å². The molecule has 0 amide bonds. The van der Waals surface area contributed by atoms with E-state index in [1.54, 1.807) is 6.92 Å². The highest BCUT2D eigenvalue weighted by molar-refractivity contribution is 5.81. The number of piperazine rings is 1. The van der Waals surface area contributed by atoms with Crippen molar-refractivity contribution < 1.29 is 4.79 Å². The first kappa shape index (κ1) is 28.3. The third-order valence-corrected chi connectivity index (χ3v) is 6.26. The molecule has 1 fully saturated rings. The zero-order chi connectivity index (χ0) is 23.9. The van der Waals surface area contributed by atoms with E-state index in [9.17, 15) is 4.79 Å². The van der Waals surface area contributed by atoms with Gasteiger partial charge >= 0.3 is 0 Å². The molecule has 1 rings (SSSR count). The molecule has 1 saturated heterocycles. The number of carbonyl (C=O) groups excluding carboxylic acids is 1. The lowest BCUT2D eigenvalue weighted by molar-refractivity contribution is -0.124. The van der Waals surface area contributed by atoms with Crippen LogP contribution in [-0.2, 0) is 4.79 Å². The molecular weight excluding hydrogens is 392 g/mol. The smallest absolute Gasteiger partial charge is 0.148 e. The molecule has 0 aliphatic carbocycles. The molecule has 0 saturated carbocycles. The van der Waals surface area contributed by atoms with E-state index in [1.165, 1.54) is 28.7 Å². The number of hydrogen-bond donors (Lipinski definition) is 0. The summed E-state index contributed by atoms with van der Waals surface area (Å²) in [6, 6.07) is 0.00780. The summed E-state index contributed by atoms with van der Waals surface area (Å²) in [5.74, 6) is 0.268. The van der Waals surface area contributed by atoms with Gasteiger partial charge in [-0.15, -0.1) is 6.58 Å². The quantitative estimate of drug-likeness (QED) is 0.275. The minimum Gasteiger partial charge on any atom is -0.298 e. The van der Waals surface area contributed by atoms with Gasteiger partial charge in [-0.1, -0.05) is 52.7 Å². The zero-order valence-electron chi connectivity index (χ0n) is 21.8. The Bertz CT molecular complexity index is 707. The highest BCUT2D eigenvalue weighted by atomic mass is 16.1. The van der Waals surface area contributed by atoms with Crippen molar-refractivity contribution in [2.24, 2.45) is 0 Å². The first-order chi connectivity index (χ1) is 15.2. The number of rotatable bonds is 14. The van der Waals surface area contributed by atoms with Crippen molar-refractivity contribution >= 4 is 5.78 Å². The Morgan fingerprint density at radius 3 is 1.81 bits per heavy atom. The van der Waals surface area contributed by atoms with Gasteiger partial charge in [-0.05, 0) is 80.1 Å². The summed E-state index contributed by atoms with van der Waals surface area (Å²) in [5, 5.41) is 0. The van der Waals surface area contributed by atoms with Gasteiger partial charge in [-0.2, -0.15) is 0 Å². The predicted octanol–water partition coefficient (Wildman–Crippen LogP) is 6.89. The van der Waals surface area contributed by atoms with Crippen LogP contribution in [0.15, 0.2) is 59.3 Å². The van der Waals surface area contributed by atoms with Crippen LogP contribution >= 0.6 is 0 Å². The van der Waals surface area contributed by atoms with E-state index in [0.29, 0.717) is 0 Å². The van der Waals surface area contributed by atoms with Crippen molar-refractivity contribution in [3.05, 3.63) is 59.3 Å². The summed E-state index contributed by atoms with van der Waals surface area (Å²) in [6.07, 6.45) is 18.2. The second kappa shape index (κ2) is 16.0. The number of nitrogens with zero attached hydrogens (tertiary/aromatic N) is 2. The van der Waals surface area contributed by atoms with E-state index in [4.69, 9.17) is 0 Å². The van der Waals surface area contributed by atoms with Crippen LogP contribution in [0.25, 0.3) is 0 Å². The molecule has 0 aromatic carbocycles. The summed E-state index contributed by atoms with van der Waals surface area (Å²) in [6.45, 7) is 21.1. The minimum absolute atomic E-state index is 0.00780. The number of ketones is 1. The molecule has 1 aliphatic rings. The highest BCUT2D eigenvalue weighted by Gasteiger charge is 2.28. The predicted molar refractivity (Wildman–Crippen MR) is 141 cm³/mol. The largest absolute Gasteiger partial charge is 0.298 e. The molecule has 32 heavy (non-hydrogen) atoms. The van der Waals surface area contributed by atoms with Crippen molar-refractivity contribution in [1.29, 1.82) is 0 Å². The summed E-state index contributed by atoms with van der Waals surface area (Å²) in [5.41, 5.74) is 5.81. The van der Waals surface area contributed by atoms with Gasteiger partial charge in [-0.3, -0.25) is 14.6 Å². The molecule has 0 aromatic heterocycles. The first-order valence-corrected chi connectivity index (χ1v) is 12.4. The molecule has 3 heteroatoms. The van der Waals surface area contributed by atoms with E-state index < -0.39 is 0 Å². The van der Waals surface area contributed by atoms with Crippen LogP contribution < -0.4 is 0 Å². The van der Waals surface area contributed by atoms with Crippen LogP contribution in [0.4, 0.5) is 0 Å². The maximum atomic E-state index is 12.1. The van der Waals surface area contributed by atoms with Crippen molar-refractivity contribution in [1.82, 2.24) is 9.80 Å². The van der Waals surface area contributed by atoms with Crippen LogP contribution in [0.5, 0.6) is 0 Å². The van der Waals surface area contributed by atoms with Gasteiger partial charge in [0.25, 0.3) is 0 Å². The molecule has 0 radical (unpaired) electrons. The van der Waals surface area contributed by atoms with E-state index in [2.05, 4.69) is 75.3 Å². The van der Waals surface area contributed by atoms with Crippen molar-refractivity contribution in [2.45, 2.75) is 86.1 Å². The molecule has 0 bridgehead atoms. The van der Waals surface area contributed by atoms with Crippen molar-refractivity contribution in [3.63, 3.8) is 0 Å². The molecule has 0 N–H and O–H groups in total. The van der Waals surface area contributed by atoms with Gasteiger partial charge in [0.2, 0.25) is 0 Å². The molecule has 1 unspecified atom stereocenters. The van der Waals surface area contributed by atoms with Gasteiger partial charge in [0.1, 0.15) is 5.78 Å². The van der Waals surface area contributed by atoms with Crippen LogP contribution in [0.3, 0.4) is 0 Å². The summed E-state index contributed by atoms with van der Waals surface area (Å²) in [7, 11) is 0. The molecule has 3 nitrogen and oxygen atoms in total. The lowest BCUT2D eigenvalue weighted by atomic mass is 10.0. The molecule has 1 aliphatic heterocycles. The maximum Gasteiger partial charge on any atom is 0.148 e. The Morgan fingerprint density at radius 2 is 1.31 bits per heavy atom. The van der Waals surface area contributed by atoms with Gasteiger partial charge in [0, 0.05) is 32.7 Å². The van der Waals surface area contributed by atoms with Crippen LogP contribution in [0.2, 0.25) is 0 Å². The third kappa shape index (κ3) is 12.4. The Kier molecular flexibility index (Phi) is 14.2. The average molecular weight is 441 g/mol. The lowest BCUT2D eigenvalue weighted by Gasteiger charge is -2.39. The van der Waals surface area contributed by atoms with Crippen LogP contribution in [0, 0.1) is 0 Å². The number of allylic oxidation sites excluding steroid dienone is 7. The van der Waals surface area contributed by atoms with Gasteiger partial charge in [-0.25, -0.2) is 0 Å². The summed E-state index contributed by atoms with van der Waals surface area (Å²) in [4.78, 5) is 16.8. The zero-order valence-corrected chi connectivity index (χ0v) is 21.8. The number of hydrogen-bond acceptors (Lipinski definition) is 3.